The predicted octanol–water partition coefficient (Wildman–Crippen LogP) is 4.04. The molecule has 22 heavy (non-hydrogen) atoms. The molecule has 1 fully saturated rings. The topological polar surface area (TPSA) is 32.3 Å². The van der Waals surface area contributed by atoms with Gasteiger partial charge in [0, 0.05) is 13.1 Å². The Labute approximate surface area is 132 Å². The van der Waals surface area contributed by atoms with E-state index in [-0.39, 0.29) is 12.1 Å². The van der Waals surface area contributed by atoms with Crippen LogP contribution in [-0.4, -0.2) is 17.5 Å². The van der Waals surface area contributed by atoms with Crippen LogP contribution < -0.4 is 5.32 Å². The number of urea groups is 1. The van der Waals surface area contributed by atoms with Crippen molar-refractivity contribution in [3.63, 3.8) is 0 Å². The zero-order chi connectivity index (χ0) is 15.4. The fourth-order valence-corrected chi connectivity index (χ4v) is 3.02. The number of hydrogen-bond donors (Lipinski definition) is 1. The molecule has 1 unspecified atom stereocenters. The van der Waals surface area contributed by atoms with Gasteiger partial charge in [-0.25, -0.2) is 4.79 Å². The van der Waals surface area contributed by atoms with Crippen LogP contribution in [0.5, 0.6) is 0 Å². The molecule has 1 heterocycles. The highest BCUT2D eigenvalue weighted by Crippen LogP contribution is 2.31. The van der Waals surface area contributed by atoms with E-state index in [4.69, 9.17) is 0 Å². The number of carbonyl (C=O) groups is 1. The van der Waals surface area contributed by atoms with E-state index in [0.717, 1.165) is 24.9 Å². The summed E-state index contributed by atoms with van der Waals surface area (Å²) >= 11 is 0. The van der Waals surface area contributed by atoms with Crippen LogP contribution in [-0.2, 0) is 6.54 Å². The quantitative estimate of drug-likeness (QED) is 0.910. The molecule has 114 valence electrons. The number of nitrogens with zero attached hydrogens (tertiary/aromatic N) is 1. The van der Waals surface area contributed by atoms with E-state index in [1.807, 2.05) is 35.2 Å². The first-order chi connectivity index (χ1) is 10.7. The molecule has 2 aromatic carbocycles. The predicted molar refractivity (Wildman–Crippen MR) is 88.5 cm³/mol. The van der Waals surface area contributed by atoms with E-state index in [1.165, 1.54) is 11.1 Å². The van der Waals surface area contributed by atoms with Crippen LogP contribution in [0.2, 0.25) is 0 Å². The molecule has 1 saturated heterocycles. The highest BCUT2D eigenvalue weighted by Gasteiger charge is 2.29. The van der Waals surface area contributed by atoms with Crippen molar-refractivity contribution in [2.75, 3.05) is 6.54 Å². The van der Waals surface area contributed by atoms with E-state index >= 15 is 0 Å². The van der Waals surface area contributed by atoms with Gasteiger partial charge in [-0.2, -0.15) is 0 Å². The van der Waals surface area contributed by atoms with E-state index in [0.29, 0.717) is 6.54 Å². The average molecular weight is 294 g/mol. The smallest absolute Gasteiger partial charge is 0.318 e. The Morgan fingerprint density at radius 2 is 1.86 bits per heavy atom. The number of benzene rings is 2. The third kappa shape index (κ3) is 3.30. The first kappa shape index (κ1) is 14.6. The Morgan fingerprint density at radius 1 is 1.14 bits per heavy atom. The minimum atomic E-state index is 0.0342. The second-order valence-electron chi connectivity index (χ2n) is 5.91. The molecule has 1 aliphatic rings. The highest BCUT2D eigenvalue weighted by molar-refractivity contribution is 5.75. The van der Waals surface area contributed by atoms with Crippen LogP contribution >= 0.6 is 0 Å². The Balaban J connectivity index is 1.65. The average Bonchev–Trinajstić information content (AvgIpc) is 3.04. The van der Waals surface area contributed by atoms with E-state index in [1.54, 1.807) is 0 Å². The summed E-state index contributed by atoms with van der Waals surface area (Å²) in [7, 11) is 0. The Hall–Kier alpha value is -2.29. The molecule has 0 aliphatic carbocycles. The molecule has 0 radical (unpaired) electrons. The first-order valence-corrected chi connectivity index (χ1v) is 7.89. The first-order valence-electron chi connectivity index (χ1n) is 7.89. The second kappa shape index (κ2) is 6.65. The Morgan fingerprint density at radius 3 is 2.59 bits per heavy atom. The monoisotopic (exact) mass is 294 g/mol. The summed E-state index contributed by atoms with van der Waals surface area (Å²) in [6.45, 7) is 3.50. The SMILES string of the molecule is Cc1ccc(C2CCCN2C(=O)NCc2ccccc2)cc1. The maximum absolute atomic E-state index is 12.5. The lowest BCUT2D eigenvalue weighted by molar-refractivity contribution is 0.192. The van der Waals surface area contributed by atoms with Crippen LogP contribution in [0.3, 0.4) is 0 Å². The maximum Gasteiger partial charge on any atom is 0.318 e. The molecule has 1 N–H and O–H groups in total. The number of carbonyl (C=O) groups excluding carboxylic acids is 1. The number of amides is 2. The molecule has 0 aromatic heterocycles. The van der Waals surface area contributed by atoms with Crippen LogP contribution in [0, 0.1) is 6.92 Å². The molecule has 1 atom stereocenters. The fourth-order valence-electron chi connectivity index (χ4n) is 3.02. The van der Waals surface area contributed by atoms with Crippen molar-refractivity contribution in [3.05, 3.63) is 71.3 Å². The summed E-state index contributed by atoms with van der Waals surface area (Å²) in [6, 6.07) is 18.8. The van der Waals surface area contributed by atoms with Crippen LogP contribution in [0.25, 0.3) is 0 Å². The summed E-state index contributed by atoms with van der Waals surface area (Å²) in [5.74, 6) is 0. The number of hydrogen-bond acceptors (Lipinski definition) is 1. The summed E-state index contributed by atoms with van der Waals surface area (Å²) in [5.41, 5.74) is 3.61. The highest BCUT2D eigenvalue weighted by atomic mass is 16.2. The van der Waals surface area contributed by atoms with Crippen molar-refractivity contribution < 1.29 is 4.79 Å². The van der Waals surface area contributed by atoms with Gasteiger partial charge in [0.05, 0.1) is 6.04 Å². The van der Waals surface area contributed by atoms with Crippen molar-refractivity contribution in [1.29, 1.82) is 0 Å². The molecular weight excluding hydrogens is 272 g/mol. The largest absolute Gasteiger partial charge is 0.334 e. The van der Waals surface area contributed by atoms with Crippen molar-refractivity contribution in [3.8, 4) is 0 Å². The molecule has 0 bridgehead atoms. The fraction of sp³-hybridized carbons (Fsp3) is 0.316. The molecule has 1 aliphatic heterocycles. The third-order valence-corrected chi connectivity index (χ3v) is 4.26. The Bertz CT molecular complexity index is 622. The molecule has 0 spiro atoms. The lowest BCUT2D eigenvalue weighted by Gasteiger charge is -2.25. The van der Waals surface area contributed by atoms with Gasteiger partial charge in [0.25, 0.3) is 0 Å². The maximum atomic E-state index is 12.5. The van der Waals surface area contributed by atoms with Gasteiger partial charge in [0.1, 0.15) is 0 Å². The van der Waals surface area contributed by atoms with Crippen LogP contribution in [0.4, 0.5) is 4.79 Å². The van der Waals surface area contributed by atoms with Gasteiger partial charge in [0.2, 0.25) is 0 Å². The molecular formula is C19H22N2O. The van der Waals surface area contributed by atoms with Crippen molar-refractivity contribution >= 4 is 6.03 Å². The molecule has 2 aromatic rings. The second-order valence-corrected chi connectivity index (χ2v) is 5.91. The molecule has 3 rings (SSSR count). The summed E-state index contributed by atoms with van der Waals surface area (Å²) < 4.78 is 0. The van der Waals surface area contributed by atoms with E-state index in [2.05, 4.69) is 36.5 Å². The standard InChI is InChI=1S/C19H22N2O/c1-15-9-11-17(12-10-15)18-8-5-13-21(18)19(22)20-14-16-6-3-2-4-7-16/h2-4,6-7,9-12,18H,5,8,13-14H2,1H3,(H,20,22). The van der Waals surface area contributed by atoms with Crippen molar-refractivity contribution in [2.45, 2.75) is 32.4 Å². The molecule has 3 nitrogen and oxygen atoms in total. The van der Waals surface area contributed by atoms with Gasteiger partial charge in [-0.3, -0.25) is 0 Å². The van der Waals surface area contributed by atoms with Crippen LogP contribution in [0.15, 0.2) is 54.6 Å². The normalized spacial score (nSPS) is 17.5. The van der Waals surface area contributed by atoms with Gasteiger partial charge in [-0.05, 0) is 30.9 Å². The minimum Gasteiger partial charge on any atom is -0.334 e. The third-order valence-electron chi connectivity index (χ3n) is 4.26. The summed E-state index contributed by atoms with van der Waals surface area (Å²) in [5, 5.41) is 3.04. The molecule has 2 amide bonds. The number of rotatable bonds is 3. The van der Waals surface area contributed by atoms with E-state index < -0.39 is 0 Å². The molecule has 0 saturated carbocycles. The van der Waals surface area contributed by atoms with Crippen molar-refractivity contribution in [1.82, 2.24) is 10.2 Å². The van der Waals surface area contributed by atoms with Gasteiger partial charge >= 0.3 is 6.03 Å². The minimum absolute atomic E-state index is 0.0342. The number of aryl methyl sites for hydroxylation is 1. The number of nitrogens with one attached hydrogen (secondary N) is 1. The summed E-state index contributed by atoms with van der Waals surface area (Å²) in [4.78, 5) is 14.5. The van der Waals surface area contributed by atoms with E-state index in [9.17, 15) is 4.79 Å². The van der Waals surface area contributed by atoms with Crippen LogP contribution in [0.1, 0.15) is 35.6 Å². The zero-order valence-electron chi connectivity index (χ0n) is 13.0. The Kier molecular flexibility index (Phi) is 4.42. The van der Waals surface area contributed by atoms with Gasteiger partial charge < -0.3 is 10.2 Å². The zero-order valence-corrected chi connectivity index (χ0v) is 13.0. The van der Waals surface area contributed by atoms with Gasteiger partial charge in [-0.15, -0.1) is 0 Å². The van der Waals surface area contributed by atoms with Gasteiger partial charge in [0.15, 0.2) is 0 Å². The number of likely N-dealkylation sites (tertiary alicyclic amines) is 1. The molecule has 3 heteroatoms. The van der Waals surface area contributed by atoms with Gasteiger partial charge in [-0.1, -0.05) is 60.2 Å². The summed E-state index contributed by atoms with van der Waals surface area (Å²) in [6.07, 6.45) is 2.11. The lowest BCUT2D eigenvalue weighted by Crippen LogP contribution is -2.39. The lowest BCUT2D eigenvalue weighted by atomic mass is 10.0. The van der Waals surface area contributed by atoms with Crippen molar-refractivity contribution in [2.24, 2.45) is 0 Å².